The molecule has 0 aliphatic rings. The number of rotatable bonds is 5. The lowest BCUT2D eigenvalue weighted by atomic mass is 9.98. The van der Waals surface area contributed by atoms with E-state index in [1.807, 2.05) is 12.1 Å². The van der Waals surface area contributed by atoms with Gasteiger partial charge < -0.3 is 0 Å². The molecule has 146 valence electrons. The van der Waals surface area contributed by atoms with Gasteiger partial charge in [0.2, 0.25) is 0 Å². The van der Waals surface area contributed by atoms with E-state index in [9.17, 15) is 13.2 Å². The molecule has 1 heterocycles. The molecule has 29 heavy (non-hydrogen) atoms. The molecule has 5 heteroatoms. The second kappa shape index (κ2) is 8.57. The Morgan fingerprint density at radius 1 is 0.655 bits per heavy atom. The van der Waals surface area contributed by atoms with Crippen LogP contribution in [-0.4, -0.2) is 0 Å². The van der Waals surface area contributed by atoms with Gasteiger partial charge in [-0.05, 0) is 73.5 Å². The van der Waals surface area contributed by atoms with Crippen LogP contribution in [0.5, 0.6) is 0 Å². The third-order valence-corrected chi connectivity index (χ3v) is 10.1. The lowest BCUT2D eigenvalue weighted by Crippen LogP contribution is -1.86. The predicted octanol–water partition coefficient (Wildman–Crippen LogP) is 9.08. The fraction of sp³-hybridized carbons (Fsp3) is 0.125. The summed E-state index contributed by atoms with van der Waals surface area (Å²) in [5.41, 5.74) is 3.95. The Morgan fingerprint density at radius 2 is 1.10 bits per heavy atom. The Morgan fingerprint density at radius 3 is 1.59 bits per heavy atom. The maximum absolute atomic E-state index is 13.6. The molecule has 1 aromatic heterocycles. The molecule has 0 saturated heterocycles. The first kappa shape index (κ1) is 20.0. The van der Waals surface area contributed by atoms with Crippen LogP contribution in [0.2, 0.25) is 0 Å². The van der Waals surface area contributed by atoms with Crippen LogP contribution in [0, 0.1) is 17.5 Å². The number of aryl methyl sites for hydroxylation is 1. The monoisotopic (exact) mass is 426 g/mol. The summed E-state index contributed by atoms with van der Waals surface area (Å²) in [4.78, 5) is 0. The molecule has 4 rings (SSSR count). The maximum Gasteiger partial charge on any atom is 0.123 e. The van der Waals surface area contributed by atoms with E-state index in [0.717, 1.165) is 40.1 Å². The molecule has 0 fully saturated rings. The van der Waals surface area contributed by atoms with Gasteiger partial charge in [0.1, 0.15) is 17.5 Å². The van der Waals surface area contributed by atoms with Crippen LogP contribution in [0.25, 0.3) is 32.8 Å². The van der Waals surface area contributed by atoms with Gasteiger partial charge in [-0.3, -0.25) is 0 Å². The van der Waals surface area contributed by atoms with E-state index < -0.39 is 7.21 Å². The Labute approximate surface area is 171 Å². The molecule has 0 bridgehead atoms. The molecule has 0 N–H and O–H groups in total. The van der Waals surface area contributed by atoms with Crippen molar-refractivity contribution in [2.75, 3.05) is 0 Å². The van der Waals surface area contributed by atoms with Crippen LogP contribution >= 0.6 is 15.1 Å². The summed E-state index contributed by atoms with van der Waals surface area (Å²) in [6, 6.07) is 19.7. The zero-order valence-corrected chi connectivity index (χ0v) is 17.7. The van der Waals surface area contributed by atoms with E-state index in [2.05, 4.69) is 6.92 Å². The standard InChI is InChI=1S/C24H19F3P2/c1-2-15-29-24(18-7-13-21(27)14-8-18)22(16-3-9-19(25)10-4-16)23(28-29)17-5-11-20(26)12-6-17/h3-14H,2,15H2,1H3. The van der Waals surface area contributed by atoms with Crippen LogP contribution in [0.15, 0.2) is 72.8 Å². The van der Waals surface area contributed by atoms with Crippen molar-refractivity contribution >= 4 is 15.1 Å². The first-order valence-corrected chi connectivity index (χ1v) is 12.6. The normalized spacial score (nSPS) is 11.9. The number of hydrogen-bond acceptors (Lipinski definition) is 0. The Balaban J connectivity index is 2.02. The quantitative estimate of drug-likeness (QED) is 0.299. The van der Waals surface area contributed by atoms with E-state index in [1.54, 1.807) is 24.3 Å². The summed E-state index contributed by atoms with van der Waals surface area (Å²) in [5.74, 6) is -0.825. The van der Waals surface area contributed by atoms with E-state index in [0.29, 0.717) is 0 Å². The van der Waals surface area contributed by atoms with Crippen LogP contribution in [0.4, 0.5) is 13.2 Å². The van der Waals surface area contributed by atoms with Gasteiger partial charge in [-0.25, -0.2) is 13.2 Å². The van der Waals surface area contributed by atoms with E-state index in [-0.39, 0.29) is 17.5 Å². The van der Waals surface area contributed by atoms with Crippen LogP contribution in [0.1, 0.15) is 13.3 Å². The van der Waals surface area contributed by atoms with Gasteiger partial charge in [0.05, 0.1) is 0 Å². The highest BCUT2D eigenvalue weighted by Crippen LogP contribution is 2.62. The van der Waals surface area contributed by atoms with Crippen molar-refractivity contribution < 1.29 is 13.2 Å². The van der Waals surface area contributed by atoms with Crippen LogP contribution < -0.4 is 0 Å². The van der Waals surface area contributed by atoms with Gasteiger partial charge in [-0.2, -0.15) is 0 Å². The number of benzene rings is 3. The third-order valence-electron chi connectivity index (χ3n) is 4.76. The Kier molecular flexibility index (Phi) is 5.90. The minimum Gasteiger partial charge on any atom is -0.207 e. The highest BCUT2D eigenvalue weighted by Gasteiger charge is 2.21. The second-order valence-electron chi connectivity index (χ2n) is 6.82. The largest absolute Gasteiger partial charge is 0.207 e. The minimum absolute atomic E-state index is 0.268. The fourth-order valence-corrected chi connectivity index (χ4v) is 9.38. The molecule has 0 aliphatic heterocycles. The molecule has 0 saturated carbocycles. The average molecular weight is 426 g/mol. The zero-order chi connectivity index (χ0) is 20.4. The Hall–Kier alpha value is -2.34. The van der Waals surface area contributed by atoms with Crippen molar-refractivity contribution in [3.05, 3.63) is 90.2 Å². The van der Waals surface area contributed by atoms with Gasteiger partial charge in [-0.15, -0.1) is 0 Å². The Bertz CT molecular complexity index is 1110. The lowest BCUT2D eigenvalue weighted by molar-refractivity contribution is 0.627. The molecule has 0 amide bonds. The molecular formula is C24H19F3P2. The van der Waals surface area contributed by atoms with Gasteiger partial charge in [0, 0.05) is 16.2 Å². The zero-order valence-electron chi connectivity index (χ0n) is 15.9. The predicted molar refractivity (Wildman–Crippen MR) is 118 cm³/mol. The average Bonchev–Trinajstić information content (AvgIpc) is 3.09. The van der Waals surface area contributed by atoms with Crippen LogP contribution in [-0.2, 0) is 6.16 Å². The first-order valence-electron chi connectivity index (χ1n) is 9.45. The van der Waals surface area contributed by atoms with E-state index >= 15 is 0 Å². The van der Waals surface area contributed by atoms with Crippen molar-refractivity contribution in [3.8, 4) is 32.8 Å². The van der Waals surface area contributed by atoms with Crippen molar-refractivity contribution in [1.82, 2.24) is 0 Å². The maximum atomic E-state index is 13.6. The lowest BCUT2D eigenvalue weighted by Gasteiger charge is -2.11. The van der Waals surface area contributed by atoms with Crippen molar-refractivity contribution in [3.63, 3.8) is 0 Å². The summed E-state index contributed by atoms with van der Waals surface area (Å²) in [6.45, 7) is 2.16. The summed E-state index contributed by atoms with van der Waals surface area (Å²) >= 11 is 0. The third kappa shape index (κ3) is 4.17. The molecule has 0 radical (unpaired) electrons. The summed E-state index contributed by atoms with van der Waals surface area (Å²) in [5, 5.41) is 2.32. The second-order valence-corrected chi connectivity index (χ2v) is 11.2. The first-order chi connectivity index (χ1) is 14.1. The SMILES string of the molecule is CCCp1pc(-c2ccc(F)cc2)c(-c2ccc(F)cc2)c1-c1ccc(F)cc1. The molecule has 0 spiro atoms. The van der Waals surface area contributed by atoms with Gasteiger partial charge >= 0.3 is 0 Å². The van der Waals surface area contributed by atoms with Crippen LogP contribution in [0.3, 0.4) is 0 Å². The molecule has 4 aromatic rings. The van der Waals surface area contributed by atoms with Crippen molar-refractivity contribution in [2.45, 2.75) is 19.5 Å². The molecule has 1 atom stereocenters. The summed E-state index contributed by atoms with van der Waals surface area (Å²) in [6.07, 6.45) is 2.08. The molecule has 1 unspecified atom stereocenters. The number of hydrogen-bond donors (Lipinski definition) is 0. The van der Waals surface area contributed by atoms with Gasteiger partial charge in [0.25, 0.3) is 0 Å². The van der Waals surface area contributed by atoms with E-state index in [4.69, 9.17) is 0 Å². The summed E-state index contributed by atoms with van der Waals surface area (Å²) in [7, 11) is 0.660. The smallest absolute Gasteiger partial charge is 0.123 e. The summed E-state index contributed by atoms with van der Waals surface area (Å²) < 4.78 is 40.7. The van der Waals surface area contributed by atoms with E-state index in [1.165, 1.54) is 49.6 Å². The van der Waals surface area contributed by atoms with Gasteiger partial charge in [0.15, 0.2) is 0 Å². The molecule has 0 aliphatic carbocycles. The molecular weight excluding hydrogens is 407 g/mol. The number of halogens is 3. The molecule has 3 aromatic carbocycles. The van der Waals surface area contributed by atoms with Crippen molar-refractivity contribution in [2.24, 2.45) is 0 Å². The molecule has 0 nitrogen and oxygen atoms in total. The fourth-order valence-electron chi connectivity index (χ4n) is 3.44. The highest BCUT2D eigenvalue weighted by atomic mass is 31.9. The van der Waals surface area contributed by atoms with Gasteiger partial charge in [-0.1, -0.05) is 50.5 Å². The topological polar surface area (TPSA) is 0 Å². The minimum atomic E-state index is -0.531. The highest BCUT2D eigenvalue weighted by molar-refractivity contribution is 8.03. The van der Waals surface area contributed by atoms with Crippen molar-refractivity contribution in [1.29, 1.82) is 0 Å².